The number of halogens is 1. The molecular weight excluding hydrogens is 201 g/mol. The fourth-order valence-electron chi connectivity index (χ4n) is 1.90. The Balaban J connectivity index is 1.65. The zero-order valence-electron chi connectivity index (χ0n) is 9.93. The van der Waals surface area contributed by atoms with Gasteiger partial charge in [0.1, 0.15) is 5.82 Å². The van der Waals surface area contributed by atoms with Gasteiger partial charge in [0, 0.05) is 6.54 Å². The summed E-state index contributed by atoms with van der Waals surface area (Å²) in [5.74, 6) is 0.913. The van der Waals surface area contributed by atoms with E-state index in [9.17, 15) is 4.39 Å². The molecule has 0 atom stereocenters. The molecule has 0 aliphatic heterocycles. The Morgan fingerprint density at radius 1 is 1.38 bits per heavy atom. The Morgan fingerprint density at radius 3 is 2.88 bits per heavy atom. The van der Waals surface area contributed by atoms with E-state index in [-0.39, 0.29) is 5.82 Å². The molecular formula is C14H20FN. The SMILES string of the molecule is Cc1ccc(CNCCCC2CC2)cc1F. The average molecular weight is 221 g/mol. The highest BCUT2D eigenvalue weighted by atomic mass is 19.1. The summed E-state index contributed by atoms with van der Waals surface area (Å²) in [6.45, 7) is 3.62. The minimum atomic E-state index is -0.0997. The maximum absolute atomic E-state index is 13.2. The lowest BCUT2D eigenvalue weighted by molar-refractivity contribution is 0.587. The highest BCUT2D eigenvalue weighted by Gasteiger charge is 2.19. The van der Waals surface area contributed by atoms with Crippen LogP contribution < -0.4 is 5.32 Å². The number of nitrogens with one attached hydrogen (secondary N) is 1. The summed E-state index contributed by atoms with van der Waals surface area (Å²) >= 11 is 0. The fraction of sp³-hybridized carbons (Fsp3) is 0.571. The van der Waals surface area contributed by atoms with E-state index in [2.05, 4.69) is 5.32 Å². The molecule has 16 heavy (non-hydrogen) atoms. The summed E-state index contributed by atoms with van der Waals surface area (Å²) in [4.78, 5) is 0. The third kappa shape index (κ3) is 3.60. The lowest BCUT2D eigenvalue weighted by Gasteiger charge is -2.05. The lowest BCUT2D eigenvalue weighted by atomic mass is 10.1. The Labute approximate surface area is 97.1 Å². The first-order chi connectivity index (χ1) is 7.75. The van der Waals surface area contributed by atoms with Crippen molar-refractivity contribution in [2.75, 3.05) is 6.54 Å². The van der Waals surface area contributed by atoms with Crippen LogP contribution >= 0.6 is 0 Å². The van der Waals surface area contributed by atoms with Gasteiger partial charge in [-0.1, -0.05) is 25.0 Å². The monoisotopic (exact) mass is 221 g/mol. The van der Waals surface area contributed by atoms with Crippen LogP contribution in [0.2, 0.25) is 0 Å². The smallest absolute Gasteiger partial charge is 0.126 e. The number of aryl methyl sites for hydroxylation is 1. The van der Waals surface area contributed by atoms with Crippen LogP contribution in [0.15, 0.2) is 18.2 Å². The van der Waals surface area contributed by atoms with Crippen molar-refractivity contribution in [2.24, 2.45) is 5.92 Å². The van der Waals surface area contributed by atoms with Crippen LogP contribution in [0, 0.1) is 18.7 Å². The molecule has 0 aromatic heterocycles. The molecule has 2 rings (SSSR count). The zero-order valence-corrected chi connectivity index (χ0v) is 9.93. The first-order valence-electron chi connectivity index (χ1n) is 6.21. The Bertz CT molecular complexity index is 345. The van der Waals surface area contributed by atoms with Crippen LogP contribution in [0.1, 0.15) is 36.8 Å². The minimum absolute atomic E-state index is 0.0997. The molecule has 1 aliphatic carbocycles. The van der Waals surface area contributed by atoms with E-state index in [1.54, 1.807) is 13.0 Å². The van der Waals surface area contributed by atoms with Gasteiger partial charge in [-0.3, -0.25) is 0 Å². The first kappa shape index (κ1) is 11.6. The van der Waals surface area contributed by atoms with Crippen molar-refractivity contribution >= 4 is 0 Å². The van der Waals surface area contributed by atoms with E-state index < -0.39 is 0 Å². The van der Waals surface area contributed by atoms with Gasteiger partial charge in [-0.15, -0.1) is 0 Å². The van der Waals surface area contributed by atoms with Gasteiger partial charge in [-0.05, 0) is 49.4 Å². The second-order valence-corrected chi connectivity index (χ2v) is 4.85. The molecule has 0 unspecified atom stereocenters. The molecule has 88 valence electrons. The van der Waals surface area contributed by atoms with Crippen molar-refractivity contribution in [1.82, 2.24) is 5.32 Å². The highest BCUT2D eigenvalue weighted by molar-refractivity contribution is 5.23. The van der Waals surface area contributed by atoms with Crippen molar-refractivity contribution in [3.8, 4) is 0 Å². The molecule has 1 N–H and O–H groups in total. The Kier molecular flexibility index (Phi) is 3.94. The third-order valence-electron chi connectivity index (χ3n) is 3.23. The molecule has 0 radical (unpaired) electrons. The molecule has 0 heterocycles. The number of hydrogen-bond donors (Lipinski definition) is 1. The maximum Gasteiger partial charge on any atom is 0.126 e. The summed E-state index contributed by atoms with van der Waals surface area (Å²) in [5, 5.41) is 3.36. The average Bonchev–Trinajstić information content (AvgIpc) is 3.07. The van der Waals surface area contributed by atoms with Crippen LogP contribution in [-0.4, -0.2) is 6.54 Å². The van der Waals surface area contributed by atoms with Gasteiger partial charge < -0.3 is 5.32 Å². The maximum atomic E-state index is 13.2. The van der Waals surface area contributed by atoms with Crippen molar-refractivity contribution in [3.05, 3.63) is 35.1 Å². The van der Waals surface area contributed by atoms with Gasteiger partial charge in [0.05, 0.1) is 0 Å². The van der Waals surface area contributed by atoms with E-state index >= 15 is 0 Å². The molecule has 1 aromatic rings. The molecule has 1 saturated carbocycles. The van der Waals surface area contributed by atoms with Gasteiger partial charge in [0.25, 0.3) is 0 Å². The second-order valence-electron chi connectivity index (χ2n) is 4.85. The summed E-state index contributed by atoms with van der Waals surface area (Å²) in [6, 6.07) is 5.46. The van der Waals surface area contributed by atoms with Gasteiger partial charge >= 0.3 is 0 Å². The first-order valence-corrected chi connectivity index (χ1v) is 6.21. The molecule has 0 amide bonds. The quantitative estimate of drug-likeness (QED) is 0.726. The molecule has 0 bridgehead atoms. The van der Waals surface area contributed by atoms with Crippen LogP contribution in [0.5, 0.6) is 0 Å². The summed E-state index contributed by atoms with van der Waals surface area (Å²) in [5.41, 5.74) is 1.76. The lowest BCUT2D eigenvalue weighted by Crippen LogP contribution is -2.14. The standard InChI is InChI=1S/C14H20FN/c1-11-4-5-13(9-14(11)15)10-16-8-2-3-12-6-7-12/h4-5,9,12,16H,2-3,6-8,10H2,1H3. The molecule has 0 saturated heterocycles. The van der Waals surface area contributed by atoms with E-state index in [1.807, 2.05) is 12.1 Å². The van der Waals surface area contributed by atoms with Gasteiger partial charge in [-0.25, -0.2) is 4.39 Å². The van der Waals surface area contributed by atoms with Crippen molar-refractivity contribution in [2.45, 2.75) is 39.2 Å². The van der Waals surface area contributed by atoms with Gasteiger partial charge in [-0.2, -0.15) is 0 Å². The van der Waals surface area contributed by atoms with Crippen LogP contribution in [0.3, 0.4) is 0 Å². The molecule has 1 fully saturated rings. The van der Waals surface area contributed by atoms with E-state index in [0.717, 1.165) is 30.1 Å². The van der Waals surface area contributed by atoms with Crippen LogP contribution in [0.4, 0.5) is 4.39 Å². The topological polar surface area (TPSA) is 12.0 Å². The predicted octanol–water partition coefficient (Wildman–Crippen LogP) is 3.41. The Hall–Kier alpha value is -0.890. The largest absolute Gasteiger partial charge is 0.313 e. The van der Waals surface area contributed by atoms with Crippen LogP contribution in [-0.2, 0) is 6.54 Å². The number of rotatable bonds is 6. The summed E-state index contributed by atoms with van der Waals surface area (Å²) < 4.78 is 13.2. The second kappa shape index (κ2) is 5.44. The highest BCUT2D eigenvalue weighted by Crippen LogP contribution is 2.33. The Morgan fingerprint density at radius 2 is 2.19 bits per heavy atom. The molecule has 1 aromatic carbocycles. The predicted molar refractivity (Wildman–Crippen MR) is 64.8 cm³/mol. The molecule has 1 aliphatic rings. The van der Waals surface area contributed by atoms with E-state index in [0.29, 0.717) is 0 Å². The fourth-order valence-corrected chi connectivity index (χ4v) is 1.90. The van der Waals surface area contributed by atoms with Crippen molar-refractivity contribution < 1.29 is 4.39 Å². The third-order valence-corrected chi connectivity index (χ3v) is 3.23. The molecule has 0 spiro atoms. The minimum Gasteiger partial charge on any atom is -0.313 e. The van der Waals surface area contributed by atoms with E-state index in [4.69, 9.17) is 0 Å². The number of hydrogen-bond acceptors (Lipinski definition) is 1. The van der Waals surface area contributed by atoms with Gasteiger partial charge in [0.2, 0.25) is 0 Å². The van der Waals surface area contributed by atoms with Gasteiger partial charge in [0.15, 0.2) is 0 Å². The zero-order chi connectivity index (χ0) is 11.4. The molecule has 1 nitrogen and oxygen atoms in total. The van der Waals surface area contributed by atoms with Crippen molar-refractivity contribution in [3.63, 3.8) is 0 Å². The van der Waals surface area contributed by atoms with Crippen LogP contribution in [0.25, 0.3) is 0 Å². The summed E-state index contributed by atoms with van der Waals surface area (Å²) in [6.07, 6.45) is 5.47. The van der Waals surface area contributed by atoms with Crippen molar-refractivity contribution in [1.29, 1.82) is 0 Å². The summed E-state index contributed by atoms with van der Waals surface area (Å²) in [7, 11) is 0. The van der Waals surface area contributed by atoms with E-state index in [1.165, 1.54) is 25.7 Å². The molecule has 2 heteroatoms. The normalized spacial score (nSPS) is 15.4. The number of benzene rings is 1.